The molecular weight excluding hydrogens is 428 g/mol. The molecule has 0 N–H and O–H groups in total. The number of halogens is 7. The van der Waals surface area contributed by atoms with Gasteiger partial charge in [-0.3, -0.25) is 0 Å². The predicted octanol–water partition coefficient (Wildman–Crippen LogP) is 3.50. The third-order valence-electron chi connectivity index (χ3n) is 2.25. The zero-order chi connectivity index (χ0) is 16.4. The van der Waals surface area contributed by atoms with E-state index >= 15 is 0 Å². The minimum absolute atomic E-state index is 1.30. The molecule has 0 aromatic heterocycles. The quantitative estimate of drug-likeness (QED) is 0.362. The van der Waals surface area contributed by atoms with Crippen LogP contribution in [-0.2, 0) is 0 Å². The first-order valence-corrected chi connectivity index (χ1v) is 8.81. The second kappa shape index (κ2) is 5.43. The van der Waals surface area contributed by atoms with Crippen molar-refractivity contribution in [3.63, 3.8) is 0 Å². The topological polar surface area (TPSA) is 0 Å². The predicted molar refractivity (Wildman–Crippen MR) is 70.3 cm³/mol. The van der Waals surface area contributed by atoms with Gasteiger partial charge in [0.05, 0.1) is 0 Å². The molecule has 8 heteroatoms. The molecule has 0 unspecified atom stereocenters. The van der Waals surface area contributed by atoms with Gasteiger partial charge in [0.15, 0.2) is 3.57 Å². The van der Waals surface area contributed by atoms with Gasteiger partial charge >= 0.3 is 33.0 Å². The Morgan fingerprint density at radius 1 is 0.762 bits per heavy atom. The van der Waals surface area contributed by atoms with Crippen molar-refractivity contribution in [2.24, 2.45) is 0 Å². The molecule has 0 aliphatic carbocycles. The van der Waals surface area contributed by atoms with Crippen molar-refractivity contribution in [3.05, 3.63) is 57.7 Å². The molecule has 0 aliphatic heterocycles. The average molecular weight is 440 g/mol. The molecule has 0 heterocycles. The number of hydrogen-bond acceptors (Lipinski definition) is 0. The van der Waals surface area contributed by atoms with Gasteiger partial charge in [-0.15, -0.1) is 0 Å². The van der Waals surface area contributed by atoms with Crippen molar-refractivity contribution >= 4 is 7.81 Å². The molecule has 0 aliphatic rings. The Morgan fingerprint density at radius 2 is 1.19 bits per heavy atom. The molecule has 0 atom stereocenters. The Morgan fingerprint density at radius 3 is 1.62 bits per heavy atom. The summed E-state index contributed by atoms with van der Waals surface area (Å²) in [6.07, 6.45) is 0. The van der Waals surface area contributed by atoms with Crippen LogP contribution in [-0.4, -0.2) is 0 Å². The molecule has 0 saturated heterocycles. The average Bonchev–Trinajstić information content (AvgIpc) is 2.27. The van der Waals surface area contributed by atoms with Gasteiger partial charge in [0.1, 0.15) is 0 Å². The fourth-order valence-electron chi connectivity index (χ4n) is 1.44. The van der Waals surface area contributed by atoms with Gasteiger partial charge in [0, 0.05) is 5.56 Å². The van der Waals surface area contributed by atoms with E-state index < -0.39 is 7.81 Å². The van der Waals surface area contributed by atoms with Crippen LogP contribution in [0.25, 0.3) is 11.1 Å². The fourth-order valence-corrected chi connectivity index (χ4v) is 2.19. The second-order valence-electron chi connectivity index (χ2n) is 4.32. The summed E-state index contributed by atoms with van der Waals surface area (Å²) in [7, 11) is -10.7. The van der Waals surface area contributed by atoms with Crippen LogP contribution in [0.15, 0.2) is 48.5 Å². The zero-order valence-corrected chi connectivity index (χ0v) is 14.0. The maximum atomic E-state index is 9.87. The Kier molecular flexibility index (Phi) is 4.71. The SMILES string of the molecule is Cc1ccc(-c2ccccc2[IH+])cc1.F[P-](F)(F)(F)(F)F. The molecular formula is C13H12F6IP. The van der Waals surface area contributed by atoms with Crippen LogP contribution >= 0.6 is 7.81 Å². The molecule has 2 aromatic carbocycles. The van der Waals surface area contributed by atoms with Gasteiger partial charge in [-0.2, -0.15) is 0 Å². The third-order valence-corrected chi connectivity index (χ3v) is 3.27. The summed E-state index contributed by atoms with van der Waals surface area (Å²) in [5, 5.41) is 0. The van der Waals surface area contributed by atoms with E-state index in [0.29, 0.717) is 0 Å². The fraction of sp³-hybridized carbons (Fsp3) is 0.0769. The summed E-state index contributed by atoms with van der Waals surface area (Å²) in [4.78, 5) is 0. The van der Waals surface area contributed by atoms with Crippen molar-refractivity contribution in [2.75, 3.05) is 0 Å². The Hall–Kier alpha value is -0.820. The van der Waals surface area contributed by atoms with Crippen molar-refractivity contribution in [1.82, 2.24) is 0 Å². The van der Waals surface area contributed by atoms with Crippen molar-refractivity contribution < 1.29 is 47.8 Å². The summed E-state index contributed by atoms with van der Waals surface area (Å²) < 4.78 is 60.5. The van der Waals surface area contributed by atoms with Crippen molar-refractivity contribution in [3.8, 4) is 11.1 Å². The van der Waals surface area contributed by atoms with E-state index in [1.54, 1.807) is 0 Å². The Labute approximate surface area is 131 Å². The summed E-state index contributed by atoms with van der Waals surface area (Å²) in [6.45, 7) is 2.11. The third kappa shape index (κ3) is 9.68. The first-order chi connectivity index (χ1) is 9.22. The minimum atomic E-state index is -10.7. The molecule has 0 radical (unpaired) electrons. The standard InChI is InChI=1S/C13H12I.F6P/c1-10-6-8-11(9-7-10)12-4-2-3-5-13(12)14;1-7(2,3,4,5)6/h2-9,14H,1H3;/q+1;-1. The monoisotopic (exact) mass is 440 g/mol. The van der Waals surface area contributed by atoms with Gasteiger partial charge in [0.25, 0.3) is 22.6 Å². The van der Waals surface area contributed by atoms with Crippen LogP contribution < -0.4 is 22.6 Å². The summed E-state index contributed by atoms with van der Waals surface area (Å²) >= 11 is 2.07. The molecule has 2 aromatic rings. The molecule has 21 heavy (non-hydrogen) atoms. The molecule has 0 amide bonds. The molecule has 118 valence electrons. The van der Waals surface area contributed by atoms with E-state index in [1.807, 2.05) is 0 Å². The van der Waals surface area contributed by atoms with Gasteiger partial charge in [-0.25, -0.2) is 0 Å². The van der Waals surface area contributed by atoms with Crippen molar-refractivity contribution in [1.29, 1.82) is 0 Å². The number of hydrogen-bond donors (Lipinski definition) is 0. The first kappa shape index (κ1) is 18.2. The van der Waals surface area contributed by atoms with E-state index in [2.05, 4.69) is 78.0 Å². The molecule has 0 fully saturated rings. The number of aryl methyl sites for hydroxylation is 1. The van der Waals surface area contributed by atoms with Gasteiger partial charge in [0.2, 0.25) is 0 Å². The van der Waals surface area contributed by atoms with E-state index in [1.165, 1.54) is 20.3 Å². The van der Waals surface area contributed by atoms with E-state index in [-0.39, 0.29) is 0 Å². The van der Waals surface area contributed by atoms with Gasteiger partial charge in [-0.05, 0) is 24.6 Å². The van der Waals surface area contributed by atoms with Crippen LogP contribution in [0, 0.1) is 10.5 Å². The Balaban J connectivity index is 0.000000270. The molecule has 0 spiro atoms. The second-order valence-corrected chi connectivity index (χ2v) is 7.49. The summed E-state index contributed by atoms with van der Waals surface area (Å²) in [5.74, 6) is 0. The maximum absolute atomic E-state index is 10.7. The van der Waals surface area contributed by atoms with Crippen LogP contribution in [0.4, 0.5) is 25.2 Å². The van der Waals surface area contributed by atoms with E-state index in [4.69, 9.17) is 0 Å². The normalized spacial score (nSPS) is 14.5. The molecule has 0 bridgehead atoms. The summed E-state index contributed by atoms with van der Waals surface area (Å²) in [6, 6.07) is 17.2. The van der Waals surface area contributed by atoms with E-state index in [0.717, 1.165) is 0 Å². The first-order valence-electron chi connectivity index (χ1n) is 5.62. The van der Waals surface area contributed by atoms with Crippen LogP contribution in [0.2, 0.25) is 0 Å². The van der Waals surface area contributed by atoms with Crippen molar-refractivity contribution in [2.45, 2.75) is 6.92 Å². The number of rotatable bonds is 1. The Bertz CT molecular complexity index is 607. The van der Waals surface area contributed by atoms with Crippen LogP contribution in [0.1, 0.15) is 5.56 Å². The van der Waals surface area contributed by atoms with Gasteiger partial charge in [-0.1, -0.05) is 42.0 Å². The molecule has 0 nitrogen and oxygen atoms in total. The summed E-state index contributed by atoms with van der Waals surface area (Å²) in [5.41, 5.74) is 3.94. The van der Waals surface area contributed by atoms with Gasteiger partial charge < -0.3 is 0 Å². The number of benzene rings is 2. The van der Waals surface area contributed by atoms with Crippen LogP contribution in [0.5, 0.6) is 0 Å². The zero-order valence-electron chi connectivity index (χ0n) is 10.7. The molecule has 2 rings (SSSR count). The van der Waals surface area contributed by atoms with E-state index in [9.17, 15) is 25.2 Å². The van der Waals surface area contributed by atoms with Crippen LogP contribution in [0.3, 0.4) is 0 Å². The molecule has 0 saturated carbocycles.